The monoisotopic (exact) mass is 566 g/mol. The van der Waals surface area contributed by atoms with Gasteiger partial charge < -0.3 is 19.1 Å². The predicted octanol–water partition coefficient (Wildman–Crippen LogP) is 6.86. The van der Waals surface area contributed by atoms with Gasteiger partial charge in [0.2, 0.25) is 0 Å². The minimum Gasteiger partial charge on any atom is -0.478 e. The molecule has 4 aromatic rings. The molecule has 0 spiro atoms. The smallest absolute Gasteiger partial charge is 0.337 e. The van der Waals surface area contributed by atoms with Crippen LogP contribution in [0.1, 0.15) is 54.3 Å². The van der Waals surface area contributed by atoms with Crippen molar-refractivity contribution in [3.8, 4) is 11.3 Å². The van der Waals surface area contributed by atoms with Crippen molar-refractivity contribution in [3.05, 3.63) is 69.5 Å². The molecule has 0 radical (unpaired) electrons. The molecule has 1 N–H and O–H groups in total. The van der Waals surface area contributed by atoms with Crippen LogP contribution >= 0.6 is 23.2 Å². The minimum absolute atomic E-state index is 0.285. The number of benzene rings is 2. The normalized spacial score (nSPS) is 20.2. The average Bonchev–Trinajstić information content (AvgIpc) is 3.56. The number of carbonyl (C=O) groups is 1. The molecule has 2 atom stereocenters. The fourth-order valence-electron chi connectivity index (χ4n) is 6.25. The number of aryl methyl sites for hydroxylation is 1. The predicted molar refractivity (Wildman–Crippen MR) is 155 cm³/mol. The number of nitrogens with zero attached hydrogens (tertiary/aromatic N) is 4. The van der Waals surface area contributed by atoms with Crippen LogP contribution in [0, 0.1) is 0 Å². The van der Waals surface area contributed by atoms with E-state index in [0.29, 0.717) is 21.5 Å². The Morgan fingerprint density at radius 2 is 1.79 bits per heavy atom. The third-order valence-corrected chi connectivity index (χ3v) is 8.77. The molecular weight excluding hydrogens is 535 g/mol. The molecule has 9 heteroatoms. The van der Waals surface area contributed by atoms with Gasteiger partial charge in [-0.3, -0.25) is 4.90 Å². The molecule has 7 nitrogen and oxygen atoms in total. The van der Waals surface area contributed by atoms with Crippen LogP contribution in [0.2, 0.25) is 10.0 Å². The van der Waals surface area contributed by atoms with E-state index in [1.807, 2.05) is 35.9 Å². The van der Waals surface area contributed by atoms with Crippen LogP contribution in [0.3, 0.4) is 0 Å². The van der Waals surface area contributed by atoms with Crippen molar-refractivity contribution >= 4 is 45.8 Å². The number of carboxylic acids is 1. The lowest BCUT2D eigenvalue weighted by atomic mass is 10.00. The van der Waals surface area contributed by atoms with Crippen LogP contribution in [0.5, 0.6) is 0 Å². The fourth-order valence-corrected chi connectivity index (χ4v) is 6.82. The summed E-state index contributed by atoms with van der Waals surface area (Å²) in [6.45, 7) is 7.23. The van der Waals surface area contributed by atoms with Crippen LogP contribution in [-0.2, 0) is 13.5 Å². The van der Waals surface area contributed by atoms with Crippen LogP contribution in [-0.4, -0.2) is 57.4 Å². The van der Waals surface area contributed by atoms with Crippen molar-refractivity contribution in [2.45, 2.75) is 51.1 Å². The molecule has 1 saturated heterocycles. The standard InChI is InChI=1S/C30H32Cl2N4O3/c1-17-14-35(15-18(2)36(17)20-9-10-21-23(30(37)38)16-34(3)26(21)13-20)12-11-22-28(33-39-29(22)19-7-8-19)27-24(31)5-4-6-25(27)32/h4-6,9-10,13,16-19H,7-8,11-12,14-15H2,1-3H3,(H,37,38)/t17-,18-/m1/s1. The van der Waals surface area contributed by atoms with Gasteiger partial charge in [-0.15, -0.1) is 0 Å². The van der Waals surface area contributed by atoms with Crippen LogP contribution in [0.25, 0.3) is 22.2 Å². The molecule has 1 aliphatic carbocycles. The summed E-state index contributed by atoms with van der Waals surface area (Å²) in [7, 11) is 1.90. The number of hydrogen-bond acceptors (Lipinski definition) is 5. The lowest BCUT2D eigenvalue weighted by molar-refractivity contribution is 0.0699. The van der Waals surface area contributed by atoms with E-state index in [-0.39, 0.29) is 12.1 Å². The molecule has 39 heavy (non-hydrogen) atoms. The van der Waals surface area contributed by atoms with Gasteiger partial charge >= 0.3 is 5.97 Å². The van der Waals surface area contributed by atoms with Crippen LogP contribution < -0.4 is 4.90 Å². The third kappa shape index (κ3) is 4.81. The molecule has 6 rings (SSSR count). The lowest BCUT2D eigenvalue weighted by Gasteiger charge is -2.46. The average molecular weight is 568 g/mol. The quantitative estimate of drug-likeness (QED) is 0.263. The van der Waals surface area contributed by atoms with Gasteiger partial charge in [-0.05, 0) is 63.4 Å². The summed E-state index contributed by atoms with van der Waals surface area (Å²) in [6, 6.07) is 12.2. The second kappa shape index (κ2) is 10.2. The second-order valence-electron chi connectivity index (χ2n) is 11.0. The molecular formula is C30H32Cl2N4O3. The molecule has 0 unspecified atom stereocenters. The summed E-state index contributed by atoms with van der Waals surface area (Å²) in [6.07, 6.45) is 4.76. The second-order valence-corrected chi connectivity index (χ2v) is 11.8. The highest BCUT2D eigenvalue weighted by molar-refractivity contribution is 6.39. The zero-order valence-corrected chi connectivity index (χ0v) is 23.8. The van der Waals surface area contributed by atoms with Gasteiger partial charge in [0.05, 0.1) is 21.1 Å². The first kappa shape index (κ1) is 26.2. The number of hydrogen-bond donors (Lipinski definition) is 1. The number of carboxylic acid groups (broad SMARTS) is 1. The van der Waals surface area contributed by atoms with Crippen LogP contribution in [0.15, 0.2) is 47.1 Å². The summed E-state index contributed by atoms with van der Waals surface area (Å²) in [5, 5.41) is 15.9. The molecule has 2 aromatic heterocycles. The van der Waals surface area contributed by atoms with Gasteiger partial charge in [0.15, 0.2) is 0 Å². The van der Waals surface area contributed by atoms with Gasteiger partial charge in [0.25, 0.3) is 0 Å². The van der Waals surface area contributed by atoms with E-state index >= 15 is 0 Å². The molecule has 0 bridgehead atoms. The van der Waals surface area contributed by atoms with E-state index in [0.717, 1.165) is 78.1 Å². The maximum atomic E-state index is 11.6. The van der Waals surface area contributed by atoms with Gasteiger partial charge in [-0.25, -0.2) is 4.79 Å². The molecule has 2 aromatic carbocycles. The topological polar surface area (TPSA) is 74.7 Å². The number of aromatic nitrogens is 2. The molecule has 3 heterocycles. The van der Waals surface area contributed by atoms with Gasteiger partial charge in [-0.2, -0.15) is 0 Å². The number of piperazine rings is 1. The maximum Gasteiger partial charge on any atom is 0.337 e. The number of aromatic carboxylic acids is 1. The highest BCUT2D eigenvalue weighted by Gasteiger charge is 2.35. The SMILES string of the molecule is C[C@@H]1CN(CCc2c(-c3c(Cl)cccc3Cl)noc2C2CC2)C[C@@H](C)N1c1ccc2c(C(=O)O)cn(C)c2c1. The fraction of sp³-hybridized carbons (Fsp3) is 0.400. The lowest BCUT2D eigenvalue weighted by Crippen LogP contribution is -2.57. The van der Waals surface area contributed by atoms with E-state index in [4.69, 9.17) is 27.7 Å². The zero-order valence-electron chi connectivity index (χ0n) is 22.3. The molecule has 1 aliphatic heterocycles. The number of rotatable bonds is 7. The first-order valence-corrected chi connectivity index (χ1v) is 14.2. The first-order valence-electron chi connectivity index (χ1n) is 13.5. The summed E-state index contributed by atoms with van der Waals surface area (Å²) in [5.74, 6) is 0.518. The van der Waals surface area contributed by atoms with Gasteiger partial charge in [0, 0.05) is 73.1 Å². The van der Waals surface area contributed by atoms with Crippen molar-refractivity contribution in [1.82, 2.24) is 14.6 Å². The van der Waals surface area contributed by atoms with E-state index in [2.05, 4.69) is 40.9 Å². The van der Waals surface area contributed by atoms with Crippen LogP contribution in [0.4, 0.5) is 5.69 Å². The highest BCUT2D eigenvalue weighted by Crippen LogP contribution is 2.46. The molecule has 2 fully saturated rings. The van der Waals surface area contributed by atoms with Crippen molar-refractivity contribution in [2.24, 2.45) is 7.05 Å². The number of fused-ring (bicyclic) bond motifs is 1. The summed E-state index contributed by atoms with van der Waals surface area (Å²) in [4.78, 5) is 16.6. The van der Waals surface area contributed by atoms with Crippen molar-refractivity contribution in [3.63, 3.8) is 0 Å². The zero-order chi connectivity index (χ0) is 27.4. The van der Waals surface area contributed by atoms with Crippen molar-refractivity contribution in [1.29, 1.82) is 0 Å². The van der Waals surface area contributed by atoms with E-state index in [1.54, 1.807) is 6.20 Å². The third-order valence-electron chi connectivity index (χ3n) is 8.14. The molecule has 204 valence electrons. The van der Waals surface area contributed by atoms with E-state index in [9.17, 15) is 9.90 Å². The Labute approximate surface area is 237 Å². The number of halogens is 2. The minimum atomic E-state index is -0.902. The Bertz CT molecular complexity index is 1530. The summed E-state index contributed by atoms with van der Waals surface area (Å²) >= 11 is 13.1. The van der Waals surface area contributed by atoms with E-state index in [1.165, 1.54) is 0 Å². The Morgan fingerprint density at radius 3 is 2.44 bits per heavy atom. The Morgan fingerprint density at radius 1 is 1.10 bits per heavy atom. The van der Waals surface area contributed by atoms with Crippen molar-refractivity contribution < 1.29 is 14.4 Å². The Balaban J connectivity index is 1.21. The van der Waals surface area contributed by atoms with E-state index < -0.39 is 5.97 Å². The van der Waals surface area contributed by atoms with Gasteiger partial charge in [0.1, 0.15) is 11.5 Å². The maximum absolute atomic E-state index is 11.6. The Kier molecular flexibility index (Phi) is 6.86. The van der Waals surface area contributed by atoms with Crippen molar-refractivity contribution in [2.75, 3.05) is 24.5 Å². The molecule has 0 amide bonds. The number of anilines is 1. The van der Waals surface area contributed by atoms with Gasteiger partial charge in [-0.1, -0.05) is 34.4 Å². The highest BCUT2D eigenvalue weighted by atomic mass is 35.5. The summed E-state index contributed by atoms with van der Waals surface area (Å²) < 4.78 is 7.77. The first-order chi connectivity index (χ1) is 18.7. The molecule has 1 saturated carbocycles. The largest absolute Gasteiger partial charge is 0.478 e. The Hall–Kier alpha value is -3.00. The molecule has 2 aliphatic rings. The summed E-state index contributed by atoms with van der Waals surface area (Å²) in [5.41, 5.74) is 5.02.